The average Bonchev–Trinajstić information content (AvgIpc) is 2.94. The first-order valence-electron chi connectivity index (χ1n) is 9.73. The Bertz CT molecular complexity index is 956. The van der Waals surface area contributed by atoms with Crippen molar-refractivity contribution >= 4 is 23.5 Å². The average molecular weight is 393 g/mol. The van der Waals surface area contributed by atoms with E-state index in [1.165, 1.54) is 0 Å². The van der Waals surface area contributed by atoms with Crippen molar-refractivity contribution in [1.82, 2.24) is 10.2 Å². The van der Waals surface area contributed by atoms with Crippen molar-refractivity contribution in [1.29, 1.82) is 0 Å². The first-order chi connectivity index (χ1) is 14.1. The third-order valence-electron chi connectivity index (χ3n) is 5.35. The third kappa shape index (κ3) is 3.81. The second-order valence-electron chi connectivity index (χ2n) is 7.25. The van der Waals surface area contributed by atoms with Crippen LogP contribution in [0, 0.1) is 0 Å². The molecule has 0 aliphatic carbocycles. The zero-order valence-corrected chi connectivity index (χ0v) is 16.3. The summed E-state index contributed by atoms with van der Waals surface area (Å²) in [6.45, 7) is 0.820. The van der Waals surface area contributed by atoms with Crippen molar-refractivity contribution in [2.45, 2.75) is 25.8 Å². The number of anilines is 1. The number of hydrogen-bond donors (Lipinski definition) is 1. The Labute approximate surface area is 169 Å². The van der Waals surface area contributed by atoms with Gasteiger partial charge in [0, 0.05) is 17.8 Å². The van der Waals surface area contributed by atoms with E-state index < -0.39 is 6.03 Å². The van der Waals surface area contributed by atoms with Crippen molar-refractivity contribution in [3.63, 3.8) is 0 Å². The van der Waals surface area contributed by atoms with Gasteiger partial charge in [0.2, 0.25) is 5.91 Å². The summed E-state index contributed by atoms with van der Waals surface area (Å²) in [7, 11) is 1.64. The number of amides is 4. The lowest BCUT2D eigenvalue weighted by molar-refractivity contribution is -0.125. The van der Waals surface area contributed by atoms with Gasteiger partial charge in [-0.2, -0.15) is 0 Å². The van der Waals surface area contributed by atoms with E-state index >= 15 is 0 Å². The third-order valence-corrected chi connectivity index (χ3v) is 5.35. The molecule has 0 radical (unpaired) electrons. The van der Waals surface area contributed by atoms with Crippen LogP contribution >= 0.6 is 0 Å². The van der Waals surface area contributed by atoms with Gasteiger partial charge in [-0.25, -0.2) is 4.79 Å². The van der Waals surface area contributed by atoms with Crippen molar-refractivity contribution in [2.75, 3.05) is 25.1 Å². The number of benzene rings is 2. The van der Waals surface area contributed by atoms with Crippen molar-refractivity contribution in [3.05, 3.63) is 59.2 Å². The van der Waals surface area contributed by atoms with Crippen LogP contribution in [0.15, 0.2) is 42.5 Å². The number of hydrogen-bond acceptors (Lipinski definition) is 4. The predicted molar refractivity (Wildman–Crippen MR) is 108 cm³/mol. The van der Waals surface area contributed by atoms with Gasteiger partial charge in [0.15, 0.2) is 0 Å². The number of urea groups is 1. The predicted octanol–water partition coefficient (Wildman–Crippen LogP) is 2.73. The Morgan fingerprint density at radius 2 is 2.00 bits per heavy atom. The van der Waals surface area contributed by atoms with Gasteiger partial charge in [0.1, 0.15) is 5.75 Å². The summed E-state index contributed by atoms with van der Waals surface area (Å²) in [6, 6.07) is 12.5. The summed E-state index contributed by atoms with van der Waals surface area (Å²) < 4.78 is 5.33. The molecule has 0 bridgehead atoms. The summed E-state index contributed by atoms with van der Waals surface area (Å²) in [5.74, 6) is 0.438. The molecular weight excluding hydrogens is 370 g/mol. The zero-order valence-electron chi connectivity index (χ0n) is 16.3. The monoisotopic (exact) mass is 393 g/mol. The number of rotatable bonds is 4. The molecule has 4 rings (SSSR count). The minimum absolute atomic E-state index is 0.0193. The van der Waals surface area contributed by atoms with Gasteiger partial charge in [0.05, 0.1) is 20.2 Å². The summed E-state index contributed by atoms with van der Waals surface area (Å²) in [6.07, 6.45) is 2.84. The number of carbonyl (C=O) groups excluding carboxylic acids is 3. The molecule has 0 unspecified atom stereocenters. The van der Waals surface area contributed by atoms with Crippen molar-refractivity contribution < 1.29 is 19.1 Å². The van der Waals surface area contributed by atoms with Crippen molar-refractivity contribution in [3.8, 4) is 5.75 Å². The van der Waals surface area contributed by atoms with Crippen LogP contribution in [0.1, 0.15) is 34.3 Å². The molecule has 1 saturated heterocycles. The van der Waals surface area contributed by atoms with E-state index in [1.807, 2.05) is 29.2 Å². The van der Waals surface area contributed by atoms with Gasteiger partial charge in [-0.15, -0.1) is 0 Å². The van der Waals surface area contributed by atoms with Crippen LogP contribution in [0.3, 0.4) is 0 Å². The molecule has 2 aromatic carbocycles. The van der Waals surface area contributed by atoms with Gasteiger partial charge in [0.25, 0.3) is 5.91 Å². The minimum Gasteiger partial charge on any atom is -0.497 e. The second-order valence-corrected chi connectivity index (χ2v) is 7.25. The maximum Gasteiger partial charge on any atom is 0.324 e. The number of nitrogens with zero attached hydrogens (tertiary/aromatic N) is 2. The smallest absolute Gasteiger partial charge is 0.324 e. The normalized spacial score (nSPS) is 16.3. The molecular formula is C22H23N3O4. The van der Waals surface area contributed by atoms with E-state index in [1.54, 1.807) is 25.3 Å². The lowest BCUT2D eigenvalue weighted by Crippen LogP contribution is -2.32. The number of ether oxygens (including phenoxy) is 1. The Hall–Kier alpha value is -3.35. The number of nitrogens with one attached hydrogen (secondary N) is 1. The molecule has 4 amide bonds. The molecule has 0 spiro atoms. The topological polar surface area (TPSA) is 79.0 Å². The highest BCUT2D eigenvalue weighted by Crippen LogP contribution is 2.31. The maximum atomic E-state index is 13.3. The highest BCUT2D eigenvalue weighted by Gasteiger charge is 2.29. The van der Waals surface area contributed by atoms with Crippen LogP contribution in [-0.2, 0) is 17.8 Å². The molecule has 7 nitrogen and oxygen atoms in total. The largest absolute Gasteiger partial charge is 0.497 e. The minimum atomic E-state index is -0.401. The number of fused-ring (bicyclic) bond motifs is 1. The van der Waals surface area contributed by atoms with Crippen molar-refractivity contribution in [2.24, 2.45) is 0 Å². The molecule has 2 aliphatic heterocycles. The Morgan fingerprint density at radius 3 is 2.76 bits per heavy atom. The van der Waals surface area contributed by atoms with Crippen LogP contribution in [0.4, 0.5) is 10.5 Å². The van der Waals surface area contributed by atoms with E-state index in [0.717, 1.165) is 46.7 Å². The molecule has 1 fully saturated rings. The second kappa shape index (κ2) is 7.95. The quantitative estimate of drug-likeness (QED) is 0.810. The van der Waals surface area contributed by atoms with E-state index in [2.05, 4.69) is 5.32 Å². The maximum absolute atomic E-state index is 13.3. The van der Waals surface area contributed by atoms with Crippen LogP contribution in [-0.4, -0.2) is 42.9 Å². The Morgan fingerprint density at radius 1 is 1.14 bits per heavy atom. The molecule has 1 N–H and O–H groups in total. The molecule has 29 heavy (non-hydrogen) atoms. The fourth-order valence-electron chi connectivity index (χ4n) is 3.83. The Balaban J connectivity index is 1.60. The summed E-state index contributed by atoms with van der Waals surface area (Å²) >= 11 is 0. The van der Waals surface area contributed by atoms with E-state index in [4.69, 9.17) is 4.74 Å². The molecule has 150 valence electrons. The standard InChI is InChI=1S/C22H23N3O4/c1-29-18-8-9-19-16(12-18)6-2-3-10-24(19)21(27)17-7-4-5-15(11-17)14-25-20(26)13-23-22(25)28/h4-5,7-9,11-12H,2-3,6,10,13-14H2,1H3,(H,23,28). The Kier molecular flexibility index (Phi) is 5.20. The van der Waals surface area contributed by atoms with Gasteiger partial charge in [-0.1, -0.05) is 12.1 Å². The molecule has 2 aromatic rings. The molecule has 2 heterocycles. The van der Waals surface area contributed by atoms with Gasteiger partial charge >= 0.3 is 6.03 Å². The highest BCUT2D eigenvalue weighted by molar-refractivity contribution is 6.07. The molecule has 0 atom stereocenters. The zero-order chi connectivity index (χ0) is 20.4. The summed E-state index contributed by atoms with van der Waals surface area (Å²) in [5.41, 5.74) is 3.29. The van der Waals surface area contributed by atoms with E-state index in [9.17, 15) is 14.4 Å². The van der Waals surface area contributed by atoms with Crippen LogP contribution in [0.25, 0.3) is 0 Å². The first kappa shape index (κ1) is 19.0. The SMILES string of the molecule is COc1ccc2c(c1)CCCCN2C(=O)c1cccc(CN2C(=O)CNC2=O)c1. The van der Waals surface area contributed by atoms with Gasteiger partial charge < -0.3 is 15.0 Å². The molecule has 0 saturated carbocycles. The molecule has 7 heteroatoms. The molecule has 0 aromatic heterocycles. The number of aryl methyl sites for hydroxylation is 1. The van der Waals surface area contributed by atoms with E-state index in [0.29, 0.717) is 12.1 Å². The van der Waals surface area contributed by atoms with Gasteiger partial charge in [-0.3, -0.25) is 14.5 Å². The van der Waals surface area contributed by atoms with Crippen LogP contribution in [0.2, 0.25) is 0 Å². The number of methoxy groups -OCH3 is 1. The number of imide groups is 1. The summed E-state index contributed by atoms with van der Waals surface area (Å²) in [4.78, 5) is 39.9. The molecule has 2 aliphatic rings. The van der Waals surface area contributed by atoms with Crippen LogP contribution in [0.5, 0.6) is 5.75 Å². The highest BCUT2D eigenvalue weighted by atomic mass is 16.5. The lowest BCUT2D eigenvalue weighted by atomic mass is 10.1. The van der Waals surface area contributed by atoms with Crippen LogP contribution < -0.4 is 15.0 Å². The van der Waals surface area contributed by atoms with Gasteiger partial charge in [-0.05, 0) is 60.7 Å². The number of carbonyl (C=O) groups is 3. The lowest BCUT2D eigenvalue weighted by Gasteiger charge is -2.24. The summed E-state index contributed by atoms with van der Waals surface area (Å²) in [5, 5.41) is 2.51. The fourth-order valence-corrected chi connectivity index (χ4v) is 3.83. The van der Waals surface area contributed by atoms with E-state index in [-0.39, 0.29) is 24.9 Å². The first-order valence-corrected chi connectivity index (χ1v) is 9.73. The fraction of sp³-hybridized carbons (Fsp3) is 0.318.